The van der Waals surface area contributed by atoms with E-state index >= 15 is 0 Å². The third kappa shape index (κ3) is 3.60. The first-order valence-corrected chi connectivity index (χ1v) is 8.76. The number of aromatic nitrogens is 2. The highest BCUT2D eigenvalue weighted by molar-refractivity contribution is 6.30. The Bertz CT molecular complexity index is 1040. The van der Waals surface area contributed by atoms with Gasteiger partial charge in [0.15, 0.2) is 0 Å². The molecule has 144 valence electrons. The van der Waals surface area contributed by atoms with Crippen molar-refractivity contribution in [3.05, 3.63) is 65.0 Å². The van der Waals surface area contributed by atoms with Gasteiger partial charge in [-0.2, -0.15) is 18.2 Å². The molecule has 1 atom stereocenters. The molecule has 0 spiro atoms. The summed E-state index contributed by atoms with van der Waals surface area (Å²) < 4.78 is 43.9. The van der Waals surface area contributed by atoms with Crippen LogP contribution in [0.25, 0.3) is 11.4 Å². The van der Waals surface area contributed by atoms with Gasteiger partial charge in [0, 0.05) is 29.2 Å². The maximum Gasteiger partial charge on any atom is 0.416 e. The van der Waals surface area contributed by atoms with Gasteiger partial charge < -0.3 is 9.42 Å². The van der Waals surface area contributed by atoms with Gasteiger partial charge in [-0.3, -0.25) is 4.79 Å². The number of carbonyl (C=O) groups is 1. The maximum absolute atomic E-state index is 12.9. The minimum Gasteiger partial charge on any atom is -0.339 e. The SMILES string of the molecule is O=C1CC(c2nc(-c3cccc(C(F)(F)F)c3)no2)CN1c1cccc(Cl)c1. The summed E-state index contributed by atoms with van der Waals surface area (Å²) in [6.45, 7) is 0.323. The van der Waals surface area contributed by atoms with E-state index in [9.17, 15) is 18.0 Å². The van der Waals surface area contributed by atoms with Gasteiger partial charge >= 0.3 is 6.18 Å². The summed E-state index contributed by atoms with van der Waals surface area (Å²) in [6, 6.07) is 11.6. The quantitative estimate of drug-likeness (QED) is 0.617. The van der Waals surface area contributed by atoms with Crippen LogP contribution in [-0.4, -0.2) is 22.6 Å². The van der Waals surface area contributed by atoms with Crippen molar-refractivity contribution in [1.29, 1.82) is 0 Å². The lowest BCUT2D eigenvalue weighted by Crippen LogP contribution is -2.24. The summed E-state index contributed by atoms with van der Waals surface area (Å²) in [4.78, 5) is 18.2. The molecule has 28 heavy (non-hydrogen) atoms. The largest absolute Gasteiger partial charge is 0.416 e. The molecule has 0 N–H and O–H groups in total. The Morgan fingerprint density at radius 3 is 2.68 bits per heavy atom. The standard InChI is InChI=1S/C19H13ClF3N3O2/c20-14-5-2-6-15(9-14)26-10-12(8-16(26)27)18-24-17(25-28-18)11-3-1-4-13(7-11)19(21,22)23/h1-7,9,12H,8,10H2. The van der Waals surface area contributed by atoms with Crippen LogP contribution in [-0.2, 0) is 11.0 Å². The Balaban J connectivity index is 1.56. The summed E-state index contributed by atoms with van der Waals surface area (Å²) in [7, 11) is 0. The smallest absolute Gasteiger partial charge is 0.339 e. The van der Waals surface area contributed by atoms with E-state index in [-0.39, 0.29) is 35.5 Å². The molecule has 0 radical (unpaired) electrons. The molecule has 0 aliphatic carbocycles. The van der Waals surface area contributed by atoms with E-state index in [1.165, 1.54) is 12.1 Å². The van der Waals surface area contributed by atoms with E-state index in [2.05, 4.69) is 10.1 Å². The molecule has 1 aliphatic heterocycles. The van der Waals surface area contributed by atoms with E-state index in [4.69, 9.17) is 16.1 Å². The van der Waals surface area contributed by atoms with Crippen LogP contribution in [0.4, 0.5) is 18.9 Å². The highest BCUT2D eigenvalue weighted by atomic mass is 35.5. The third-order valence-electron chi connectivity index (χ3n) is 4.48. The predicted molar refractivity (Wildman–Crippen MR) is 95.9 cm³/mol. The number of alkyl halides is 3. The fourth-order valence-corrected chi connectivity index (χ4v) is 3.30. The molecule has 1 amide bonds. The summed E-state index contributed by atoms with van der Waals surface area (Å²) in [6.07, 6.45) is -4.30. The fourth-order valence-electron chi connectivity index (χ4n) is 3.12. The van der Waals surface area contributed by atoms with Gasteiger partial charge in [-0.15, -0.1) is 0 Å². The first kappa shape index (κ1) is 18.5. The molecular formula is C19H13ClF3N3O2. The monoisotopic (exact) mass is 407 g/mol. The lowest BCUT2D eigenvalue weighted by Gasteiger charge is -2.16. The van der Waals surface area contributed by atoms with Crippen LogP contribution in [0, 0.1) is 0 Å². The van der Waals surface area contributed by atoms with Gasteiger partial charge in [0.1, 0.15) is 0 Å². The molecule has 0 bridgehead atoms. The lowest BCUT2D eigenvalue weighted by atomic mass is 10.1. The molecule has 1 saturated heterocycles. The summed E-state index contributed by atoms with van der Waals surface area (Å²) in [5.41, 5.74) is 0.0676. The Morgan fingerprint density at radius 2 is 1.93 bits per heavy atom. The minimum atomic E-state index is -4.46. The van der Waals surface area contributed by atoms with Gasteiger partial charge in [-0.25, -0.2) is 0 Å². The van der Waals surface area contributed by atoms with Crippen LogP contribution in [0.2, 0.25) is 5.02 Å². The van der Waals surface area contributed by atoms with Crippen molar-refractivity contribution in [3.63, 3.8) is 0 Å². The van der Waals surface area contributed by atoms with E-state index in [1.54, 1.807) is 29.2 Å². The van der Waals surface area contributed by atoms with Crippen LogP contribution in [0.5, 0.6) is 0 Å². The summed E-state index contributed by atoms with van der Waals surface area (Å²) in [5.74, 6) is -0.204. The highest BCUT2D eigenvalue weighted by Gasteiger charge is 2.35. The number of rotatable bonds is 3. The van der Waals surface area contributed by atoms with Crippen molar-refractivity contribution in [2.75, 3.05) is 11.4 Å². The lowest BCUT2D eigenvalue weighted by molar-refractivity contribution is -0.137. The molecule has 1 fully saturated rings. The minimum absolute atomic E-state index is 0.0507. The highest BCUT2D eigenvalue weighted by Crippen LogP contribution is 2.34. The molecule has 1 aliphatic rings. The van der Waals surface area contributed by atoms with E-state index in [0.717, 1.165) is 12.1 Å². The number of hydrogen-bond donors (Lipinski definition) is 0. The first-order chi connectivity index (χ1) is 13.3. The number of nitrogens with zero attached hydrogens (tertiary/aromatic N) is 3. The Hall–Kier alpha value is -2.87. The number of hydrogen-bond acceptors (Lipinski definition) is 4. The molecule has 0 saturated carbocycles. The van der Waals surface area contributed by atoms with E-state index in [0.29, 0.717) is 17.3 Å². The number of halogens is 4. The van der Waals surface area contributed by atoms with Gasteiger partial charge in [-0.1, -0.05) is 35.0 Å². The Kier molecular flexibility index (Phi) is 4.58. The molecule has 9 heteroatoms. The first-order valence-electron chi connectivity index (χ1n) is 8.38. The van der Waals surface area contributed by atoms with E-state index in [1.807, 2.05) is 0 Å². The second-order valence-electron chi connectivity index (χ2n) is 6.42. The zero-order valence-corrected chi connectivity index (χ0v) is 15.0. The molecule has 1 aromatic heterocycles. The normalized spacial score (nSPS) is 17.4. The third-order valence-corrected chi connectivity index (χ3v) is 4.72. The van der Waals surface area contributed by atoms with Gasteiger partial charge in [0.25, 0.3) is 0 Å². The average molecular weight is 408 g/mol. The Morgan fingerprint density at radius 1 is 1.14 bits per heavy atom. The van der Waals surface area contributed by atoms with Crippen LogP contribution in [0.15, 0.2) is 53.1 Å². The van der Waals surface area contributed by atoms with Crippen molar-refractivity contribution in [3.8, 4) is 11.4 Å². The second kappa shape index (κ2) is 6.94. The molecule has 1 unspecified atom stereocenters. The number of amides is 1. The molecular weight excluding hydrogens is 395 g/mol. The number of carbonyl (C=O) groups excluding carboxylic acids is 1. The predicted octanol–water partition coefficient (Wildman–Crippen LogP) is 4.93. The zero-order valence-electron chi connectivity index (χ0n) is 14.3. The van der Waals surface area contributed by atoms with Crippen molar-refractivity contribution in [2.45, 2.75) is 18.5 Å². The van der Waals surface area contributed by atoms with Crippen LogP contribution < -0.4 is 4.90 Å². The molecule has 4 rings (SSSR count). The van der Waals surface area contributed by atoms with Gasteiger partial charge in [-0.05, 0) is 30.3 Å². The summed E-state index contributed by atoms with van der Waals surface area (Å²) >= 11 is 5.98. The molecule has 5 nitrogen and oxygen atoms in total. The van der Waals surface area contributed by atoms with Gasteiger partial charge in [0.05, 0.1) is 11.5 Å². The van der Waals surface area contributed by atoms with Crippen LogP contribution in [0.1, 0.15) is 23.8 Å². The van der Waals surface area contributed by atoms with Crippen LogP contribution >= 0.6 is 11.6 Å². The summed E-state index contributed by atoms with van der Waals surface area (Å²) in [5, 5.41) is 4.30. The van der Waals surface area contributed by atoms with Crippen molar-refractivity contribution >= 4 is 23.2 Å². The number of anilines is 1. The average Bonchev–Trinajstić information content (AvgIpc) is 3.28. The topological polar surface area (TPSA) is 59.2 Å². The molecule has 3 aromatic rings. The maximum atomic E-state index is 12.9. The van der Waals surface area contributed by atoms with Crippen LogP contribution in [0.3, 0.4) is 0 Å². The zero-order chi connectivity index (χ0) is 19.9. The molecule has 2 aromatic carbocycles. The second-order valence-corrected chi connectivity index (χ2v) is 6.86. The van der Waals surface area contributed by atoms with E-state index < -0.39 is 11.7 Å². The molecule has 2 heterocycles. The van der Waals surface area contributed by atoms with Crippen molar-refractivity contribution in [2.24, 2.45) is 0 Å². The van der Waals surface area contributed by atoms with Crippen molar-refractivity contribution < 1.29 is 22.5 Å². The van der Waals surface area contributed by atoms with Gasteiger partial charge in [0.2, 0.25) is 17.6 Å². The Labute approximate surface area is 162 Å². The number of benzene rings is 2. The fraction of sp³-hybridized carbons (Fsp3) is 0.211. The van der Waals surface area contributed by atoms with Crippen molar-refractivity contribution in [1.82, 2.24) is 10.1 Å².